The average Bonchev–Trinajstić information content (AvgIpc) is 3.02. The molecule has 24 heavy (non-hydrogen) atoms. The van der Waals surface area contributed by atoms with E-state index in [-0.39, 0.29) is 17.5 Å². The van der Waals surface area contributed by atoms with Crippen LogP contribution in [0.15, 0.2) is 23.1 Å². The Hall–Kier alpha value is -2.71. The molecule has 0 aliphatic carbocycles. The topological polar surface area (TPSA) is 97.9 Å². The lowest BCUT2D eigenvalue weighted by Gasteiger charge is -2.36. The number of hydrogen-bond acceptors (Lipinski definition) is 6. The zero-order valence-corrected chi connectivity index (χ0v) is 13.8. The molecule has 2 aromatic rings. The molecule has 1 fully saturated rings. The molecule has 0 saturated carbocycles. The Morgan fingerprint density at radius 1 is 1.33 bits per heavy atom. The maximum atomic E-state index is 12.1. The summed E-state index contributed by atoms with van der Waals surface area (Å²) in [6.07, 6.45) is 4.72. The quantitative estimate of drug-likeness (QED) is 0.826. The molecule has 0 radical (unpaired) electrons. The molecule has 1 N–H and O–H groups in total. The Labute approximate surface area is 139 Å². The van der Waals surface area contributed by atoms with Gasteiger partial charge in [0.1, 0.15) is 5.82 Å². The molecule has 0 spiro atoms. The number of hydrogen-bond donors (Lipinski definition) is 1. The Balaban J connectivity index is 1.69. The van der Waals surface area contributed by atoms with Gasteiger partial charge in [0.25, 0.3) is 11.5 Å². The van der Waals surface area contributed by atoms with Gasteiger partial charge in [-0.25, -0.2) is 4.68 Å². The highest BCUT2D eigenvalue weighted by Crippen LogP contribution is 2.21. The highest BCUT2D eigenvalue weighted by molar-refractivity contribution is 5.91. The summed E-state index contributed by atoms with van der Waals surface area (Å²) in [4.78, 5) is 25.8. The number of nitrogens with zero attached hydrogens (tertiary/aromatic N) is 6. The van der Waals surface area contributed by atoms with E-state index in [9.17, 15) is 9.59 Å². The fourth-order valence-electron chi connectivity index (χ4n) is 2.91. The standard InChI is InChI=1S/C15H21N7O2/c1-20-10-12(17-19-20)15(24)16-9-11-5-3-4-8-22(11)13-6-7-14(23)21(2)18-13/h6-7,10-11H,3-5,8-9H2,1-2H3,(H,16,24). The van der Waals surface area contributed by atoms with E-state index < -0.39 is 0 Å². The van der Waals surface area contributed by atoms with E-state index in [1.54, 1.807) is 26.4 Å². The molecule has 3 rings (SSSR count). The summed E-state index contributed by atoms with van der Waals surface area (Å²) < 4.78 is 2.83. The fourth-order valence-corrected chi connectivity index (χ4v) is 2.91. The van der Waals surface area contributed by atoms with E-state index in [0.717, 1.165) is 31.6 Å². The number of amides is 1. The number of aromatic nitrogens is 5. The van der Waals surface area contributed by atoms with Crippen LogP contribution in [0.1, 0.15) is 29.8 Å². The molecule has 2 aromatic heterocycles. The van der Waals surface area contributed by atoms with Crippen molar-refractivity contribution >= 4 is 11.7 Å². The van der Waals surface area contributed by atoms with Crippen LogP contribution in [0.3, 0.4) is 0 Å². The summed E-state index contributed by atoms with van der Waals surface area (Å²) in [5, 5.41) is 14.8. The third-order valence-corrected chi connectivity index (χ3v) is 4.20. The lowest BCUT2D eigenvalue weighted by atomic mass is 10.0. The molecule has 1 amide bonds. The Bertz CT molecular complexity index is 782. The molecule has 0 bridgehead atoms. The van der Waals surface area contributed by atoms with E-state index in [1.807, 2.05) is 0 Å². The molecule has 3 heterocycles. The van der Waals surface area contributed by atoms with Crippen LogP contribution in [0, 0.1) is 0 Å². The first kappa shape index (κ1) is 16.2. The maximum Gasteiger partial charge on any atom is 0.273 e. The van der Waals surface area contributed by atoms with Gasteiger partial charge in [-0.2, -0.15) is 5.10 Å². The van der Waals surface area contributed by atoms with Crippen LogP contribution < -0.4 is 15.8 Å². The van der Waals surface area contributed by atoms with Crippen molar-refractivity contribution in [3.8, 4) is 0 Å². The molecule has 1 aliphatic heterocycles. The molecular formula is C15H21N7O2. The number of rotatable bonds is 4. The third-order valence-electron chi connectivity index (χ3n) is 4.20. The van der Waals surface area contributed by atoms with Crippen LogP contribution in [-0.2, 0) is 14.1 Å². The van der Waals surface area contributed by atoms with Crippen LogP contribution in [0.2, 0.25) is 0 Å². The summed E-state index contributed by atoms with van der Waals surface area (Å²) in [6.45, 7) is 1.36. The van der Waals surface area contributed by atoms with Gasteiger partial charge in [0.15, 0.2) is 5.69 Å². The zero-order valence-electron chi connectivity index (χ0n) is 13.8. The number of carbonyl (C=O) groups is 1. The minimum atomic E-state index is -0.234. The first-order chi connectivity index (χ1) is 11.5. The van der Waals surface area contributed by atoms with Crippen molar-refractivity contribution in [2.45, 2.75) is 25.3 Å². The number of aryl methyl sites for hydroxylation is 2. The Morgan fingerprint density at radius 3 is 2.88 bits per heavy atom. The minimum Gasteiger partial charge on any atom is -0.350 e. The lowest BCUT2D eigenvalue weighted by molar-refractivity contribution is 0.0944. The van der Waals surface area contributed by atoms with Crippen molar-refractivity contribution in [2.75, 3.05) is 18.0 Å². The molecule has 128 valence electrons. The molecular weight excluding hydrogens is 310 g/mol. The maximum absolute atomic E-state index is 12.1. The lowest BCUT2D eigenvalue weighted by Crippen LogP contribution is -2.47. The van der Waals surface area contributed by atoms with Gasteiger partial charge in [-0.05, 0) is 25.3 Å². The van der Waals surface area contributed by atoms with Crippen molar-refractivity contribution < 1.29 is 4.79 Å². The van der Waals surface area contributed by atoms with Crippen molar-refractivity contribution in [1.82, 2.24) is 30.1 Å². The predicted molar refractivity (Wildman–Crippen MR) is 87.8 cm³/mol. The van der Waals surface area contributed by atoms with Crippen LogP contribution in [0.4, 0.5) is 5.82 Å². The molecule has 9 nitrogen and oxygen atoms in total. The third kappa shape index (κ3) is 3.44. The average molecular weight is 331 g/mol. The van der Waals surface area contributed by atoms with Gasteiger partial charge in [0, 0.05) is 39.3 Å². The molecule has 1 saturated heterocycles. The van der Waals surface area contributed by atoms with Crippen molar-refractivity contribution in [2.24, 2.45) is 14.1 Å². The second kappa shape index (κ2) is 6.81. The first-order valence-electron chi connectivity index (χ1n) is 8.00. The van der Waals surface area contributed by atoms with E-state index in [1.165, 1.54) is 15.4 Å². The molecule has 9 heteroatoms. The van der Waals surface area contributed by atoms with Gasteiger partial charge < -0.3 is 10.2 Å². The number of anilines is 1. The van der Waals surface area contributed by atoms with Crippen LogP contribution >= 0.6 is 0 Å². The van der Waals surface area contributed by atoms with Gasteiger partial charge in [0.05, 0.1) is 6.20 Å². The van der Waals surface area contributed by atoms with Crippen molar-refractivity contribution in [3.05, 3.63) is 34.4 Å². The van der Waals surface area contributed by atoms with Crippen LogP contribution in [0.25, 0.3) is 0 Å². The van der Waals surface area contributed by atoms with Gasteiger partial charge in [-0.1, -0.05) is 5.21 Å². The van der Waals surface area contributed by atoms with Crippen molar-refractivity contribution in [1.29, 1.82) is 0 Å². The van der Waals surface area contributed by atoms with Crippen LogP contribution in [-0.4, -0.2) is 49.8 Å². The highest BCUT2D eigenvalue weighted by Gasteiger charge is 2.25. The number of carbonyl (C=O) groups excluding carboxylic acids is 1. The van der Waals surface area contributed by atoms with E-state index in [2.05, 4.69) is 25.6 Å². The number of piperidine rings is 1. The predicted octanol–water partition coefficient (Wildman–Crippen LogP) is -0.302. The van der Waals surface area contributed by atoms with E-state index in [0.29, 0.717) is 12.2 Å². The van der Waals surface area contributed by atoms with Gasteiger partial charge >= 0.3 is 0 Å². The normalized spacial score (nSPS) is 17.8. The summed E-state index contributed by atoms with van der Waals surface area (Å²) in [5.41, 5.74) is 0.170. The zero-order chi connectivity index (χ0) is 17.1. The largest absolute Gasteiger partial charge is 0.350 e. The molecule has 1 atom stereocenters. The van der Waals surface area contributed by atoms with Crippen LogP contribution in [0.5, 0.6) is 0 Å². The monoisotopic (exact) mass is 331 g/mol. The van der Waals surface area contributed by atoms with Crippen molar-refractivity contribution in [3.63, 3.8) is 0 Å². The Morgan fingerprint density at radius 2 is 2.17 bits per heavy atom. The molecule has 0 aromatic carbocycles. The van der Waals surface area contributed by atoms with E-state index in [4.69, 9.17) is 0 Å². The number of nitrogens with one attached hydrogen (secondary N) is 1. The molecule has 1 aliphatic rings. The summed E-state index contributed by atoms with van der Waals surface area (Å²) in [5.74, 6) is 0.526. The van der Waals surface area contributed by atoms with Gasteiger partial charge in [-0.15, -0.1) is 5.10 Å². The second-order valence-electron chi connectivity index (χ2n) is 5.98. The smallest absolute Gasteiger partial charge is 0.273 e. The fraction of sp³-hybridized carbons (Fsp3) is 0.533. The van der Waals surface area contributed by atoms with Gasteiger partial charge in [0.2, 0.25) is 0 Å². The summed E-state index contributed by atoms with van der Waals surface area (Å²) in [6, 6.07) is 3.40. The SMILES string of the molecule is Cn1cc(C(=O)NCC2CCCCN2c2ccc(=O)n(C)n2)nn1. The highest BCUT2D eigenvalue weighted by atomic mass is 16.2. The first-order valence-corrected chi connectivity index (χ1v) is 8.00. The van der Waals surface area contributed by atoms with E-state index >= 15 is 0 Å². The summed E-state index contributed by atoms with van der Waals surface area (Å²) in [7, 11) is 3.36. The Kier molecular flexibility index (Phi) is 4.59. The summed E-state index contributed by atoms with van der Waals surface area (Å²) >= 11 is 0. The van der Waals surface area contributed by atoms with Gasteiger partial charge in [-0.3, -0.25) is 14.3 Å². The molecule has 1 unspecified atom stereocenters. The minimum absolute atomic E-state index is 0.136. The second-order valence-corrected chi connectivity index (χ2v) is 5.98.